The SMILES string of the molecule is CC(=O)N=Nc1c(-c2ccc(Br)cc2)[nH]c2ccccc12. The third-order valence-corrected chi connectivity index (χ3v) is 3.63. The molecule has 3 aromatic rings. The largest absolute Gasteiger partial charge is 0.353 e. The van der Waals surface area contributed by atoms with Gasteiger partial charge in [-0.15, -0.1) is 10.2 Å². The lowest BCUT2D eigenvalue weighted by Crippen LogP contribution is -1.80. The minimum atomic E-state index is -0.318. The number of H-pyrrole nitrogens is 1. The number of halogens is 1. The van der Waals surface area contributed by atoms with Crippen molar-refractivity contribution in [3.05, 3.63) is 53.0 Å². The van der Waals surface area contributed by atoms with Gasteiger partial charge in [0.15, 0.2) is 0 Å². The number of aromatic nitrogens is 1. The maximum atomic E-state index is 11.1. The monoisotopic (exact) mass is 341 g/mol. The van der Waals surface area contributed by atoms with Gasteiger partial charge < -0.3 is 4.98 Å². The van der Waals surface area contributed by atoms with E-state index < -0.39 is 0 Å². The van der Waals surface area contributed by atoms with Crippen LogP contribution in [0.2, 0.25) is 0 Å². The topological polar surface area (TPSA) is 57.6 Å². The highest BCUT2D eigenvalue weighted by molar-refractivity contribution is 9.10. The molecule has 1 amide bonds. The van der Waals surface area contributed by atoms with E-state index in [0.29, 0.717) is 5.69 Å². The summed E-state index contributed by atoms with van der Waals surface area (Å²) in [6.07, 6.45) is 0. The second-order valence-electron chi connectivity index (χ2n) is 4.62. The number of fused-ring (bicyclic) bond motifs is 1. The molecule has 0 fully saturated rings. The van der Waals surface area contributed by atoms with Crippen molar-refractivity contribution in [3.63, 3.8) is 0 Å². The van der Waals surface area contributed by atoms with Gasteiger partial charge in [0.2, 0.25) is 0 Å². The quantitative estimate of drug-likeness (QED) is 0.637. The van der Waals surface area contributed by atoms with Gasteiger partial charge in [0.25, 0.3) is 5.91 Å². The molecule has 0 aliphatic heterocycles. The summed E-state index contributed by atoms with van der Waals surface area (Å²) in [4.78, 5) is 14.4. The summed E-state index contributed by atoms with van der Waals surface area (Å²) in [5, 5.41) is 8.75. The molecule has 1 heterocycles. The van der Waals surface area contributed by atoms with Crippen molar-refractivity contribution in [2.24, 2.45) is 10.2 Å². The third-order valence-electron chi connectivity index (χ3n) is 3.10. The van der Waals surface area contributed by atoms with Crippen LogP contribution < -0.4 is 0 Å². The Morgan fingerprint density at radius 3 is 2.52 bits per heavy atom. The molecule has 4 nitrogen and oxygen atoms in total. The minimum absolute atomic E-state index is 0.318. The van der Waals surface area contributed by atoms with Crippen molar-refractivity contribution in [2.75, 3.05) is 0 Å². The molecule has 0 unspecified atom stereocenters. The van der Waals surface area contributed by atoms with Crippen LogP contribution >= 0.6 is 15.9 Å². The molecule has 0 saturated carbocycles. The molecule has 0 bridgehead atoms. The van der Waals surface area contributed by atoms with E-state index in [4.69, 9.17) is 0 Å². The van der Waals surface area contributed by atoms with Crippen LogP contribution in [0.3, 0.4) is 0 Å². The molecular weight excluding hydrogens is 330 g/mol. The highest BCUT2D eigenvalue weighted by atomic mass is 79.9. The van der Waals surface area contributed by atoms with Crippen LogP contribution in [0.15, 0.2) is 63.2 Å². The summed E-state index contributed by atoms with van der Waals surface area (Å²) in [7, 11) is 0. The van der Waals surface area contributed by atoms with E-state index in [1.807, 2.05) is 48.5 Å². The van der Waals surface area contributed by atoms with E-state index in [0.717, 1.165) is 26.6 Å². The first-order chi connectivity index (χ1) is 10.1. The number of carbonyl (C=O) groups excluding carboxylic acids is 1. The first-order valence-electron chi connectivity index (χ1n) is 6.44. The molecule has 0 saturated heterocycles. The van der Waals surface area contributed by atoms with Gasteiger partial charge in [0, 0.05) is 27.9 Å². The average molecular weight is 342 g/mol. The lowest BCUT2D eigenvalue weighted by Gasteiger charge is -2.00. The Morgan fingerprint density at radius 2 is 1.81 bits per heavy atom. The molecule has 0 atom stereocenters. The molecule has 0 aliphatic carbocycles. The van der Waals surface area contributed by atoms with E-state index >= 15 is 0 Å². The Morgan fingerprint density at radius 1 is 1.10 bits per heavy atom. The second-order valence-corrected chi connectivity index (χ2v) is 5.54. The molecule has 1 N–H and O–H groups in total. The van der Waals surface area contributed by atoms with Gasteiger partial charge in [-0.3, -0.25) is 4.79 Å². The number of azo groups is 1. The Labute approximate surface area is 130 Å². The number of hydrogen-bond donors (Lipinski definition) is 1. The van der Waals surface area contributed by atoms with Crippen LogP contribution in [-0.2, 0) is 4.79 Å². The molecule has 104 valence electrons. The van der Waals surface area contributed by atoms with Crippen molar-refractivity contribution in [1.82, 2.24) is 4.98 Å². The molecule has 1 aromatic heterocycles. The van der Waals surface area contributed by atoms with E-state index in [1.54, 1.807) is 0 Å². The number of carbonyl (C=O) groups is 1. The number of nitrogens with one attached hydrogen (secondary N) is 1. The van der Waals surface area contributed by atoms with Crippen LogP contribution in [-0.4, -0.2) is 10.9 Å². The van der Waals surface area contributed by atoms with Crippen molar-refractivity contribution in [2.45, 2.75) is 6.92 Å². The fourth-order valence-corrected chi connectivity index (χ4v) is 2.44. The number of benzene rings is 2. The molecule has 0 radical (unpaired) electrons. The van der Waals surface area contributed by atoms with Crippen LogP contribution in [0.4, 0.5) is 5.69 Å². The minimum Gasteiger partial charge on any atom is -0.353 e. The van der Waals surface area contributed by atoms with Crippen molar-refractivity contribution < 1.29 is 4.79 Å². The maximum Gasteiger partial charge on any atom is 0.261 e. The number of rotatable bonds is 2. The molecule has 21 heavy (non-hydrogen) atoms. The number of nitrogens with zero attached hydrogens (tertiary/aromatic N) is 2. The van der Waals surface area contributed by atoms with Gasteiger partial charge in [-0.2, -0.15) is 0 Å². The summed E-state index contributed by atoms with van der Waals surface area (Å²) < 4.78 is 1.01. The van der Waals surface area contributed by atoms with Gasteiger partial charge in [-0.1, -0.05) is 46.3 Å². The molecule has 5 heteroatoms. The normalized spacial score (nSPS) is 11.3. The first kappa shape index (κ1) is 13.7. The van der Waals surface area contributed by atoms with Gasteiger partial charge in [-0.05, 0) is 18.2 Å². The zero-order valence-electron chi connectivity index (χ0n) is 11.3. The van der Waals surface area contributed by atoms with Gasteiger partial charge in [0.05, 0.1) is 5.69 Å². The second kappa shape index (κ2) is 5.61. The summed E-state index contributed by atoms with van der Waals surface area (Å²) in [5.41, 5.74) is 3.50. The van der Waals surface area contributed by atoms with Gasteiger partial charge >= 0.3 is 0 Å². The molecular formula is C16H12BrN3O. The van der Waals surface area contributed by atoms with Crippen molar-refractivity contribution in [1.29, 1.82) is 0 Å². The smallest absolute Gasteiger partial charge is 0.261 e. The van der Waals surface area contributed by atoms with Gasteiger partial charge in [0.1, 0.15) is 5.69 Å². The fraction of sp³-hybridized carbons (Fsp3) is 0.0625. The zero-order chi connectivity index (χ0) is 14.8. The van der Waals surface area contributed by atoms with Crippen LogP contribution in [0.1, 0.15) is 6.92 Å². The zero-order valence-corrected chi connectivity index (χ0v) is 12.9. The van der Waals surface area contributed by atoms with E-state index in [1.165, 1.54) is 6.92 Å². The number of para-hydroxylation sites is 1. The van der Waals surface area contributed by atoms with Crippen LogP contribution in [0.5, 0.6) is 0 Å². The predicted octanol–water partition coefficient (Wildman–Crippen LogP) is 5.23. The Bertz CT molecular complexity index is 834. The predicted molar refractivity (Wildman–Crippen MR) is 86.6 cm³/mol. The highest BCUT2D eigenvalue weighted by Crippen LogP contribution is 2.37. The Kier molecular flexibility index (Phi) is 3.66. The fourth-order valence-electron chi connectivity index (χ4n) is 2.18. The molecule has 0 aliphatic rings. The van der Waals surface area contributed by atoms with E-state index in [2.05, 4.69) is 31.1 Å². The maximum absolute atomic E-state index is 11.1. The number of amides is 1. The first-order valence-corrected chi connectivity index (χ1v) is 7.23. The van der Waals surface area contributed by atoms with Crippen molar-refractivity contribution >= 4 is 38.4 Å². The summed E-state index contributed by atoms with van der Waals surface area (Å²) in [5.74, 6) is -0.318. The Balaban J connectivity index is 2.23. The van der Waals surface area contributed by atoms with E-state index in [9.17, 15) is 4.79 Å². The molecule has 0 spiro atoms. The summed E-state index contributed by atoms with van der Waals surface area (Å²) >= 11 is 3.42. The lowest BCUT2D eigenvalue weighted by molar-refractivity contribution is -0.116. The standard InChI is InChI=1S/C16H12BrN3O/c1-10(21)19-20-16-13-4-2-3-5-14(13)18-15(16)11-6-8-12(17)9-7-11/h2-9,18H,1H3. The van der Waals surface area contributed by atoms with Crippen LogP contribution in [0, 0.1) is 0 Å². The van der Waals surface area contributed by atoms with Crippen LogP contribution in [0.25, 0.3) is 22.2 Å². The summed E-state index contributed by atoms with van der Waals surface area (Å²) in [6, 6.07) is 15.7. The van der Waals surface area contributed by atoms with Gasteiger partial charge in [-0.25, -0.2) is 0 Å². The number of aromatic amines is 1. The lowest BCUT2D eigenvalue weighted by atomic mass is 10.1. The molecule has 3 rings (SSSR count). The molecule has 2 aromatic carbocycles. The highest BCUT2D eigenvalue weighted by Gasteiger charge is 2.12. The summed E-state index contributed by atoms with van der Waals surface area (Å²) in [6.45, 7) is 1.39. The van der Waals surface area contributed by atoms with E-state index in [-0.39, 0.29) is 5.91 Å². The number of hydrogen-bond acceptors (Lipinski definition) is 2. The Hall–Kier alpha value is -2.27. The third kappa shape index (κ3) is 2.78. The average Bonchev–Trinajstić information content (AvgIpc) is 2.84. The van der Waals surface area contributed by atoms with Crippen molar-refractivity contribution in [3.8, 4) is 11.3 Å².